The Morgan fingerprint density at radius 1 is 1.28 bits per heavy atom. The second kappa shape index (κ2) is 4.55. The van der Waals surface area contributed by atoms with Gasteiger partial charge in [-0.2, -0.15) is 0 Å². The molecule has 1 N–H and O–H groups in total. The SMILES string of the molecule is COC(=O)c1cnc(NC(C2CC2)C2CC2)cn1. The summed E-state index contributed by atoms with van der Waals surface area (Å²) in [5, 5.41) is 3.46. The maximum atomic E-state index is 11.2. The van der Waals surface area contributed by atoms with E-state index in [4.69, 9.17) is 0 Å². The highest BCUT2D eigenvalue weighted by molar-refractivity contribution is 5.86. The molecule has 2 aliphatic carbocycles. The highest BCUT2D eigenvalue weighted by Gasteiger charge is 2.41. The van der Waals surface area contributed by atoms with Gasteiger partial charge < -0.3 is 10.1 Å². The van der Waals surface area contributed by atoms with Crippen molar-refractivity contribution in [3.63, 3.8) is 0 Å². The summed E-state index contributed by atoms with van der Waals surface area (Å²) < 4.78 is 4.59. The minimum Gasteiger partial charge on any atom is -0.464 e. The van der Waals surface area contributed by atoms with Crippen molar-refractivity contribution in [2.75, 3.05) is 12.4 Å². The second-order valence-corrected chi connectivity index (χ2v) is 5.12. The first kappa shape index (κ1) is 11.4. The number of ether oxygens (including phenoxy) is 1. The lowest BCUT2D eigenvalue weighted by atomic mass is 10.1. The third-order valence-corrected chi connectivity index (χ3v) is 3.62. The van der Waals surface area contributed by atoms with Crippen LogP contribution in [0.25, 0.3) is 0 Å². The van der Waals surface area contributed by atoms with E-state index in [1.165, 1.54) is 39.0 Å². The van der Waals surface area contributed by atoms with Crippen molar-refractivity contribution in [3.8, 4) is 0 Å². The molecule has 5 heteroatoms. The first-order chi connectivity index (χ1) is 8.78. The van der Waals surface area contributed by atoms with E-state index >= 15 is 0 Å². The van der Waals surface area contributed by atoms with Crippen molar-refractivity contribution < 1.29 is 9.53 Å². The van der Waals surface area contributed by atoms with Gasteiger partial charge in [0.25, 0.3) is 0 Å². The molecular weight excluding hydrogens is 230 g/mol. The number of carbonyl (C=O) groups excluding carboxylic acids is 1. The molecule has 0 bridgehead atoms. The van der Waals surface area contributed by atoms with Crippen LogP contribution < -0.4 is 5.32 Å². The number of rotatable bonds is 5. The summed E-state index contributed by atoms with van der Waals surface area (Å²) >= 11 is 0. The smallest absolute Gasteiger partial charge is 0.358 e. The summed E-state index contributed by atoms with van der Waals surface area (Å²) in [4.78, 5) is 19.5. The van der Waals surface area contributed by atoms with E-state index in [1.54, 1.807) is 6.20 Å². The largest absolute Gasteiger partial charge is 0.464 e. The molecule has 2 fully saturated rings. The molecule has 5 nitrogen and oxygen atoms in total. The molecule has 0 saturated heterocycles. The molecule has 2 aliphatic rings. The van der Waals surface area contributed by atoms with Gasteiger partial charge in [-0.25, -0.2) is 14.8 Å². The Kier molecular flexibility index (Phi) is 2.89. The van der Waals surface area contributed by atoms with Crippen molar-refractivity contribution in [2.45, 2.75) is 31.7 Å². The maximum Gasteiger partial charge on any atom is 0.358 e. The van der Waals surface area contributed by atoms with Gasteiger partial charge in [-0.05, 0) is 37.5 Å². The molecule has 2 saturated carbocycles. The molecule has 0 spiro atoms. The number of nitrogens with zero attached hydrogens (tertiary/aromatic N) is 2. The molecular formula is C13H17N3O2. The normalized spacial score (nSPS) is 18.8. The minimum atomic E-state index is -0.449. The van der Waals surface area contributed by atoms with Crippen LogP contribution in [-0.2, 0) is 4.74 Å². The summed E-state index contributed by atoms with van der Waals surface area (Å²) in [5.41, 5.74) is 0.248. The molecule has 0 unspecified atom stereocenters. The lowest BCUT2D eigenvalue weighted by molar-refractivity contribution is 0.0593. The number of anilines is 1. The summed E-state index contributed by atoms with van der Waals surface area (Å²) in [6, 6.07) is 0.545. The van der Waals surface area contributed by atoms with Gasteiger partial charge in [-0.15, -0.1) is 0 Å². The Hall–Kier alpha value is -1.65. The highest BCUT2D eigenvalue weighted by Crippen LogP contribution is 2.45. The topological polar surface area (TPSA) is 64.1 Å². The van der Waals surface area contributed by atoms with Gasteiger partial charge in [0.1, 0.15) is 5.82 Å². The maximum absolute atomic E-state index is 11.2. The van der Waals surface area contributed by atoms with Gasteiger partial charge in [0.05, 0.1) is 19.5 Å². The van der Waals surface area contributed by atoms with E-state index in [0.717, 1.165) is 17.7 Å². The zero-order valence-corrected chi connectivity index (χ0v) is 10.4. The van der Waals surface area contributed by atoms with Crippen molar-refractivity contribution >= 4 is 11.8 Å². The lowest BCUT2D eigenvalue weighted by Gasteiger charge is -2.17. The molecule has 1 heterocycles. The van der Waals surface area contributed by atoms with Crippen LogP contribution in [-0.4, -0.2) is 29.1 Å². The molecule has 0 atom stereocenters. The van der Waals surface area contributed by atoms with Crippen LogP contribution in [0, 0.1) is 11.8 Å². The van der Waals surface area contributed by atoms with Crippen molar-refractivity contribution in [1.29, 1.82) is 0 Å². The number of carbonyl (C=O) groups is 1. The fraction of sp³-hybridized carbons (Fsp3) is 0.615. The minimum absolute atomic E-state index is 0.248. The van der Waals surface area contributed by atoms with E-state index in [9.17, 15) is 4.79 Å². The first-order valence-electron chi connectivity index (χ1n) is 6.45. The van der Waals surface area contributed by atoms with Gasteiger partial charge in [-0.1, -0.05) is 0 Å². The van der Waals surface area contributed by atoms with Gasteiger partial charge in [0.15, 0.2) is 5.69 Å². The van der Waals surface area contributed by atoms with Gasteiger partial charge in [0, 0.05) is 6.04 Å². The van der Waals surface area contributed by atoms with Crippen molar-refractivity contribution in [2.24, 2.45) is 11.8 Å². The van der Waals surface area contributed by atoms with Crippen molar-refractivity contribution in [3.05, 3.63) is 18.1 Å². The number of methoxy groups -OCH3 is 1. The van der Waals surface area contributed by atoms with Crippen molar-refractivity contribution in [1.82, 2.24) is 9.97 Å². The number of hydrogen-bond donors (Lipinski definition) is 1. The number of aromatic nitrogens is 2. The molecule has 0 aromatic carbocycles. The third-order valence-electron chi connectivity index (χ3n) is 3.62. The van der Waals surface area contributed by atoms with Crippen LogP contribution in [0.5, 0.6) is 0 Å². The Morgan fingerprint density at radius 3 is 2.39 bits per heavy atom. The number of nitrogens with one attached hydrogen (secondary N) is 1. The van der Waals surface area contributed by atoms with E-state index in [0.29, 0.717) is 6.04 Å². The van der Waals surface area contributed by atoms with E-state index < -0.39 is 5.97 Å². The van der Waals surface area contributed by atoms with Gasteiger partial charge in [-0.3, -0.25) is 0 Å². The zero-order valence-electron chi connectivity index (χ0n) is 10.4. The summed E-state index contributed by atoms with van der Waals surface area (Å²) in [6.07, 6.45) is 8.36. The Bertz CT molecular complexity index is 426. The van der Waals surface area contributed by atoms with Gasteiger partial charge in [0.2, 0.25) is 0 Å². The van der Waals surface area contributed by atoms with Crippen LogP contribution in [0.3, 0.4) is 0 Å². The summed E-state index contributed by atoms with van der Waals surface area (Å²) in [7, 11) is 1.34. The Labute approximate surface area is 106 Å². The van der Waals surface area contributed by atoms with Crippen LogP contribution in [0.15, 0.2) is 12.4 Å². The Balaban J connectivity index is 1.66. The number of esters is 1. The average molecular weight is 247 g/mol. The number of hydrogen-bond acceptors (Lipinski definition) is 5. The summed E-state index contributed by atoms with van der Waals surface area (Å²) in [6.45, 7) is 0. The third kappa shape index (κ3) is 2.44. The molecule has 3 rings (SSSR count). The van der Waals surface area contributed by atoms with Crippen LogP contribution in [0.2, 0.25) is 0 Å². The van der Waals surface area contributed by atoms with Crippen LogP contribution >= 0.6 is 0 Å². The fourth-order valence-electron chi connectivity index (χ4n) is 2.31. The molecule has 1 aromatic heterocycles. The summed E-state index contributed by atoms with van der Waals surface area (Å²) in [5.74, 6) is 1.92. The van der Waals surface area contributed by atoms with Crippen LogP contribution in [0.4, 0.5) is 5.82 Å². The van der Waals surface area contributed by atoms with E-state index in [-0.39, 0.29) is 5.69 Å². The quantitative estimate of drug-likeness (QED) is 0.805. The second-order valence-electron chi connectivity index (χ2n) is 5.12. The average Bonchev–Trinajstić information content (AvgIpc) is 3.29. The first-order valence-corrected chi connectivity index (χ1v) is 6.45. The predicted molar refractivity (Wildman–Crippen MR) is 66.2 cm³/mol. The predicted octanol–water partition coefficient (Wildman–Crippen LogP) is 1.86. The molecule has 1 aromatic rings. The lowest BCUT2D eigenvalue weighted by Crippen LogP contribution is -2.25. The Morgan fingerprint density at radius 2 is 1.94 bits per heavy atom. The standard InChI is InChI=1S/C13H17N3O2/c1-18-13(17)10-6-15-11(7-14-10)16-12(8-2-3-8)9-4-5-9/h6-9,12H,2-5H2,1H3,(H,15,16). The molecule has 0 radical (unpaired) electrons. The monoisotopic (exact) mass is 247 g/mol. The van der Waals surface area contributed by atoms with Gasteiger partial charge >= 0.3 is 5.97 Å². The van der Waals surface area contributed by atoms with Crippen LogP contribution in [0.1, 0.15) is 36.2 Å². The zero-order chi connectivity index (χ0) is 12.5. The fourth-order valence-corrected chi connectivity index (χ4v) is 2.31. The molecule has 0 amide bonds. The van der Waals surface area contributed by atoms with E-state index in [2.05, 4.69) is 20.0 Å². The van der Waals surface area contributed by atoms with E-state index in [1.807, 2.05) is 0 Å². The molecule has 18 heavy (non-hydrogen) atoms. The molecule has 0 aliphatic heterocycles. The molecule has 96 valence electrons. The highest BCUT2D eigenvalue weighted by atomic mass is 16.5.